The van der Waals surface area contributed by atoms with Gasteiger partial charge in [-0.3, -0.25) is 0 Å². The predicted octanol–water partition coefficient (Wildman–Crippen LogP) is 14.1. The molecule has 9 aromatic rings. The van der Waals surface area contributed by atoms with Crippen LogP contribution in [0.1, 0.15) is 22.3 Å². The second-order valence-corrected chi connectivity index (χ2v) is 14.4. The summed E-state index contributed by atoms with van der Waals surface area (Å²) in [5, 5.41) is 2.50. The molecular formula is C53H35NO. The van der Waals surface area contributed by atoms with Crippen LogP contribution in [0.25, 0.3) is 44.2 Å². The minimum Gasteiger partial charge on any atom is -0.457 e. The van der Waals surface area contributed by atoms with E-state index in [1.54, 1.807) is 0 Å². The van der Waals surface area contributed by atoms with Gasteiger partial charge in [0.25, 0.3) is 0 Å². The van der Waals surface area contributed by atoms with E-state index in [0.717, 1.165) is 39.7 Å². The second kappa shape index (κ2) is 12.5. The normalized spacial score (nSPS) is 13.0. The Hall–Kier alpha value is -7.16. The van der Waals surface area contributed by atoms with Gasteiger partial charge in [0.1, 0.15) is 11.5 Å². The number of fused-ring (bicyclic) bond motifs is 10. The van der Waals surface area contributed by atoms with Gasteiger partial charge in [0, 0.05) is 28.1 Å². The largest absolute Gasteiger partial charge is 0.457 e. The average molecular weight is 702 g/mol. The molecule has 2 heteroatoms. The van der Waals surface area contributed by atoms with Crippen molar-refractivity contribution in [2.45, 2.75) is 5.41 Å². The molecule has 0 amide bonds. The van der Waals surface area contributed by atoms with E-state index in [4.69, 9.17) is 4.74 Å². The number of hydrogen-bond donors (Lipinski definition) is 0. The Labute approximate surface area is 321 Å². The first-order valence-electron chi connectivity index (χ1n) is 18.9. The van der Waals surface area contributed by atoms with E-state index in [1.807, 2.05) is 0 Å². The molecule has 0 bridgehead atoms. The third-order valence-corrected chi connectivity index (χ3v) is 11.5. The first kappa shape index (κ1) is 31.4. The van der Waals surface area contributed by atoms with Crippen LogP contribution in [0, 0.1) is 0 Å². The van der Waals surface area contributed by atoms with Gasteiger partial charge in [-0.1, -0.05) is 170 Å². The van der Waals surface area contributed by atoms with Crippen LogP contribution in [-0.2, 0) is 5.41 Å². The van der Waals surface area contributed by atoms with Gasteiger partial charge in [-0.05, 0) is 92.2 Å². The Morgan fingerprint density at radius 1 is 0.345 bits per heavy atom. The van der Waals surface area contributed by atoms with Crippen LogP contribution in [-0.4, -0.2) is 0 Å². The third-order valence-electron chi connectivity index (χ3n) is 11.5. The molecule has 258 valence electrons. The Balaban J connectivity index is 1.15. The molecule has 1 heterocycles. The number of rotatable bonds is 5. The molecular weight excluding hydrogens is 667 g/mol. The highest BCUT2D eigenvalue weighted by Crippen LogP contribution is 2.64. The van der Waals surface area contributed by atoms with Crippen LogP contribution in [0.15, 0.2) is 212 Å². The fraction of sp³-hybridized carbons (Fsp3) is 0.0189. The Morgan fingerprint density at radius 2 is 0.855 bits per heavy atom. The van der Waals surface area contributed by atoms with Crippen LogP contribution < -0.4 is 9.64 Å². The van der Waals surface area contributed by atoms with Gasteiger partial charge in [0.2, 0.25) is 0 Å². The van der Waals surface area contributed by atoms with E-state index in [2.05, 4.69) is 217 Å². The molecule has 11 rings (SSSR count). The fourth-order valence-corrected chi connectivity index (χ4v) is 9.20. The highest BCUT2D eigenvalue weighted by atomic mass is 16.5. The SMILES string of the molecule is c1ccc(-c2ccc(N(c3ccc(-c4cccc5ccccc45)cc3)c3cccc4c3-c3ccccc3C43c4ccccc4Oc4ccccc43)cc2)cc1. The van der Waals surface area contributed by atoms with Crippen molar-refractivity contribution in [3.63, 3.8) is 0 Å². The van der Waals surface area contributed by atoms with Crippen molar-refractivity contribution in [3.05, 3.63) is 235 Å². The van der Waals surface area contributed by atoms with Crippen molar-refractivity contribution >= 4 is 27.8 Å². The molecule has 0 radical (unpaired) electrons. The van der Waals surface area contributed by atoms with Crippen LogP contribution in [0.4, 0.5) is 17.1 Å². The van der Waals surface area contributed by atoms with Crippen molar-refractivity contribution < 1.29 is 4.74 Å². The molecule has 1 spiro atoms. The van der Waals surface area contributed by atoms with Crippen LogP contribution in [0.2, 0.25) is 0 Å². The topological polar surface area (TPSA) is 12.5 Å². The van der Waals surface area contributed by atoms with Crippen molar-refractivity contribution in [1.29, 1.82) is 0 Å². The number of nitrogens with zero attached hydrogens (tertiary/aromatic N) is 1. The molecule has 0 N–H and O–H groups in total. The van der Waals surface area contributed by atoms with Gasteiger partial charge < -0.3 is 9.64 Å². The molecule has 2 aliphatic rings. The van der Waals surface area contributed by atoms with Crippen molar-refractivity contribution in [1.82, 2.24) is 0 Å². The summed E-state index contributed by atoms with van der Waals surface area (Å²) < 4.78 is 6.62. The first-order chi connectivity index (χ1) is 27.3. The van der Waals surface area contributed by atoms with Gasteiger partial charge in [0.05, 0.1) is 11.1 Å². The molecule has 0 saturated heterocycles. The fourth-order valence-electron chi connectivity index (χ4n) is 9.20. The van der Waals surface area contributed by atoms with E-state index in [9.17, 15) is 0 Å². The first-order valence-corrected chi connectivity index (χ1v) is 18.9. The molecule has 9 aromatic carbocycles. The predicted molar refractivity (Wildman–Crippen MR) is 227 cm³/mol. The molecule has 0 fully saturated rings. The maximum absolute atomic E-state index is 6.62. The number of anilines is 3. The summed E-state index contributed by atoms with van der Waals surface area (Å²) in [7, 11) is 0. The number of benzene rings is 9. The van der Waals surface area contributed by atoms with E-state index in [1.165, 1.54) is 55.3 Å². The van der Waals surface area contributed by atoms with Gasteiger partial charge in [-0.25, -0.2) is 0 Å². The molecule has 55 heavy (non-hydrogen) atoms. The lowest BCUT2D eigenvalue weighted by atomic mass is 9.66. The van der Waals surface area contributed by atoms with Crippen molar-refractivity contribution in [2.24, 2.45) is 0 Å². The summed E-state index contributed by atoms with van der Waals surface area (Å²) in [6, 6.07) is 76.8. The molecule has 0 aromatic heterocycles. The second-order valence-electron chi connectivity index (χ2n) is 14.4. The summed E-state index contributed by atoms with van der Waals surface area (Å²) in [5.41, 5.74) is 14.9. The highest BCUT2D eigenvalue weighted by molar-refractivity contribution is 6.00. The summed E-state index contributed by atoms with van der Waals surface area (Å²) in [5.74, 6) is 1.79. The van der Waals surface area contributed by atoms with Crippen molar-refractivity contribution in [2.75, 3.05) is 4.90 Å². The molecule has 1 aliphatic heterocycles. The minimum absolute atomic E-state index is 0.547. The zero-order chi connectivity index (χ0) is 36.3. The zero-order valence-electron chi connectivity index (χ0n) is 30.1. The van der Waals surface area contributed by atoms with Gasteiger partial charge in [0.15, 0.2) is 0 Å². The molecule has 0 saturated carbocycles. The Bertz CT molecular complexity index is 2840. The Kier molecular flexibility index (Phi) is 7.11. The van der Waals surface area contributed by atoms with Crippen LogP contribution >= 0.6 is 0 Å². The molecule has 1 aliphatic carbocycles. The summed E-state index contributed by atoms with van der Waals surface area (Å²) in [4.78, 5) is 2.44. The maximum atomic E-state index is 6.62. The van der Waals surface area contributed by atoms with E-state index in [0.29, 0.717) is 0 Å². The lowest BCUT2D eigenvalue weighted by Crippen LogP contribution is -2.32. The average Bonchev–Trinajstić information content (AvgIpc) is 3.56. The van der Waals surface area contributed by atoms with E-state index < -0.39 is 5.41 Å². The summed E-state index contributed by atoms with van der Waals surface area (Å²) in [6.07, 6.45) is 0. The minimum atomic E-state index is -0.547. The van der Waals surface area contributed by atoms with Crippen LogP contribution in [0.3, 0.4) is 0 Å². The number of ether oxygens (including phenoxy) is 1. The van der Waals surface area contributed by atoms with E-state index in [-0.39, 0.29) is 0 Å². The lowest BCUT2D eigenvalue weighted by Gasteiger charge is -2.39. The molecule has 2 nitrogen and oxygen atoms in total. The lowest BCUT2D eigenvalue weighted by molar-refractivity contribution is 0.436. The van der Waals surface area contributed by atoms with E-state index >= 15 is 0 Å². The van der Waals surface area contributed by atoms with Gasteiger partial charge in [-0.15, -0.1) is 0 Å². The third kappa shape index (κ3) is 4.75. The number of hydrogen-bond acceptors (Lipinski definition) is 2. The summed E-state index contributed by atoms with van der Waals surface area (Å²) in [6.45, 7) is 0. The maximum Gasteiger partial charge on any atom is 0.132 e. The quantitative estimate of drug-likeness (QED) is 0.177. The standard InChI is InChI=1S/C53H35NO/c1-2-14-36(15-3-1)37-28-32-40(33-29-37)54(41-34-30-39(31-35-41)43-20-12-17-38-16-4-5-18-42(38)43)49-25-13-24-48-52(49)44-19-6-7-21-45(44)53(48)46-22-8-10-26-50(46)55-51-27-11-9-23-47(51)53/h1-35H. The monoisotopic (exact) mass is 701 g/mol. The highest BCUT2D eigenvalue weighted by Gasteiger charge is 2.51. The summed E-state index contributed by atoms with van der Waals surface area (Å²) >= 11 is 0. The zero-order valence-corrected chi connectivity index (χ0v) is 30.1. The molecule has 0 unspecified atom stereocenters. The molecule has 0 atom stereocenters. The van der Waals surface area contributed by atoms with Crippen LogP contribution in [0.5, 0.6) is 11.5 Å². The van der Waals surface area contributed by atoms with Gasteiger partial charge >= 0.3 is 0 Å². The Morgan fingerprint density at radius 3 is 1.58 bits per heavy atom. The smallest absolute Gasteiger partial charge is 0.132 e. The van der Waals surface area contributed by atoms with Crippen molar-refractivity contribution in [3.8, 4) is 44.9 Å². The van der Waals surface area contributed by atoms with Gasteiger partial charge in [-0.2, -0.15) is 0 Å². The number of para-hydroxylation sites is 2.